The first-order chi connectivity index (χ1) is 12.9. The first-order valence-corrected chi connectivity index (χ1v) is 10.2. The van der Waals surface area contributed by atoms with Crippen molar-refractivity contribution in [3.8, 4) is 16.9 Å². The molecule has 0 saturated carbocycles. The number of nitrogens with one attached hydrogen (secondary N) is 2. The van der Waals surface area contributed by atoms with Crippen LogP contribution in [-0.4, -0.2) is 31.0 Å². The van der Waals surface area contributed by atoms with Crippen LogP contribution in [0.5, 0.6) is 5.75 Å². The third-order valence-corrected chi connectivity index (χ3v) is 4.53. The van der Waals surface area contributed by atoms with E-state index in [0.717, 1.165) is 18.4 Å². The maximum absolute atomic E-state index is 12.7. The van der Waals surface area contributed by atoms with Crippen molar-refractivity contribution in [1.82, 2.24) is 0 Å². The number of benzene rings is 2. The summed E-state index contributed by atoms with van der Waals surface area (Å²) in [6.45, 7) is 0. The van der Waals surface area contributed by atoms with Crippen molar-refractivity contribution in [1.29, 1.82) is 0 Å². The summed E-state index contributed by atoms with van der Waals surface area (Å²) in [7, 11) is -9.03. The molecular weight excluding hydrogens is 416 g/mol. The zero-order valence-corrected chi connectivity index (χ0v) is 15.3. The Kier molecular flexibility index (Phi) is 4.76. The third kappa shape index (κ3) is 4.40. The fourth-order valence-corrected chi connectivity index (χ4v) is 3.36. The van der Waals surface area contributed by atoms with E-state index in [-0.39, 0.29) is 27.9 Å². The molecule has 1 aromatic heterocycles. The summed E-state index contributed by atoms with van der Waals surface area (Å²) in [6.07, 6.45) is 1.08. The van der Waals surface area contributed by atoms with Crippen molar-refractivity contribution in [3.63, 3.8) is 0 Å². The topological polar surface area (TPSA) is 183 Å². The molecule has 0 atom stereocenters. The van der Waals surface area contributed by atoms with Gasteiger partial charge >= 0.3 is 20.6 Å². The normalized spacial score (nSPS) is 12.1. The average Bonchev–Trinajstić information content (AvgIpc) is 2.52. The Balaban J connectivity index is 2.06. The molecule has 148 valence electrons. The molecule has 0 radical (unpaired) electrons. The summed E-state index contributed by atoms with van der Waals surface area (Å²) < 4.78 is 69.8. The second-order valence-corrected chi connectivity index (χ2v) is 7.89. The largest absolute Gasteiger partial charge is 0.507 e. The molecule has 5 N–H and O–H groups in total. The standard InChI is InChI=1S/C15H12N2O9S2/c18-12-5-10(17-28(23,24)25)6-13-14(12)15(19)11(7-26-13)8-1-3-9(4-2-8)16-27(20,21)22/h1-7,16-18H,(H,20,21,22)(H,23,24,25). The maximum Gasteiger partial charge on any atom is 0.357 e. The molecular formula is C15H12N2O9S2. The molecule has 0 aliphatic rings. The number of aromatic hydroxyl groups is 1. The van der Waals surface area contributed by atoms with Gasteiger partial charge in [0.15, 0.2) is 0 Å². The first-order valence-electron chi connectivity index (χ1n) is 7.32. The minimum atomic E-state index is -4.59. The van der Waals surface area contributed by atoms with Crippen molar-refractivity contribution in [2.24, 2.45) is 0 Å². The lowest BCUT2D eigenvalue weighted by Gasteiger charge is -2.08. The SMILES string of the molecule is O=c1c(-c2ccc(NS(=O)(=O)O)cc2)coc2cc(NS(=O)(=O)O)cc(O)c12. The first kappa shape index (κ1) is 19.6. The van der Waals surface area contributed by atoms with Crippen molar-refractivity contribution in [2.75, 3.05) is 9.44 Å². The Labute approximate surface area is 158 Å². The molecule has 3 aromatic rings. The Hall–Kier alpha value is -3.13. The van der Waals surface area contributed by atoms with E-state index < -0.39 is 31.8 Å². The second kappa shape index (κ2) is 6.79. The molecule has 28 heavy (non-hydrogen) atoms. The lowest BCUT2D eigenvalue weighted by atomic mass is 10.0. The summed E-state index contributed by atoms with van der Waals surface area (Å²) in [4.78, 5) is 12.7. The lowest BCUT2D eigenvalue weighted by molar-refractivity contribution is 0.479. The van der Waals surface area contributed by atoms with E-state index in [1.807, 2.05) is 4.72 Å². The van der Waals surface area contributed by atoms with Gasteiger partial charge in [-0.1, -0.05) is 12.1 Å². The monoisotopic (exact) mass is 428 g/mol. The fourth-order valence-electron chi connectivity index (χ4n) is 2.51. The van der Waals surface area contributed by atoms with Crippen LogP contribution < -0.4 is 14.9 Å². The number of phenolic OH excluding ortho intramolecular Hbond substituents is 1. The number of hydrogen-bond donors (Lipinski definition) is 5. The molecule has 0 amide bonds. The highest BCUT2D eigenvalue weighted by Crippen LogP contribution is 2.30. The van der Waals surface area contributed by atoms with E-state index >= 15 is 0 Å². The van der Waals surface area contributed by atoms with Crippen LogP contribution in [0.15, 0.2) is 51.9 Å². The van der Waals surface area contributed by atoms with Gasteiger partial charge in [-0.3, -0.25) is 23.3 Å². The number of rotatable bonds is 5. The van der Waals surface area contributed by atoms with Gasteiger partial charge in [-0.25, -0.2) is 0 Å². The van der Waals surface area contributed by atoms with E-state index in [1.54, 1.807) is 4.72 Å². The predicted molar refractivity (Wildman–Crippen MR) is 99.9 cm³/mol. The molecule has 13 heteroatoms. The van der Waals surface area contributed by atoms with Gasteiger partial charge in [0.1, 0.15) is 23.0 Å². The summed E-state index contributed by atoms with van der Waals surface area (Å²) in [5.41, 5.74) is -0.561. The van der Waals surface area contributed by atoms with Crippen molar-refractivity contribution < 1.29 is 35.5 Å². The van der Waals surface area contributed by atoms with E-state index in [9.17, 15) is 26.7 Å². The van der Waals surface area contributed by atoms with Gasteiger partial charge in [0.05, 0.1) is 16.9 Å². The van der Waals surface area contributed by atoms with Crippen LogP contribution >= 0.6 is 0 Å². The molecule has 0 spiro atoms. The van der Waals surface area contributed by atoms with Crippen LogP contribution in [0.4, 0.5) is 11.4 Å². The quantitative estimate of drug-likeness (QED) is 0.377. The van der Waals surface area contributed by atoms with Crippen LogP contribution in [0.3, 0.4) is 0 Å². The van der Waals surface area contributed by atoms with Gasteiger partial charge in [-0.05, 0) is 17.7 Å². The Morgan fingerprint density at radius 3 is 2.00 bits per heavy atom. The maximum atomic E-state index is 12.7. The number of hydrogen-bond acceptors (Lipinski definition) is 7. The smallest absolute Gasteiger partial charge is 0.357 e. The zero-order chi connectivity index (χ0) is 20.7. The van der Waals surface area contributed by atoms with Crippen LogP contribution in [0.25, 0.3) is 22.1 Å². The highest BCUT2D eigenvalue weighted by molar-refractivity contribution is 7.87. The Bertz CT molecular complexity index is 1330. The molecule has 11 nitrogen and oxygen atoms in total. The van der Waals surface area contributed by atoms with E-state index in [2.05, 4.69) is 0 Å². The van der Waals surface area contributed by atoms with Crippen LogP contribution in [0.2, 0.25) is 0 Å². The van der Waals surface area contributed by atoms with Gasteiger partial charge in [0.2, 0.25) is 5.43 Å². The minimum Gasteiger partial charge on any atom is -0.507 e. The van der Waals surface area contributed by atoms with Gasteiger partial charge in [0, 0.05) is 12.1 Å². The minimum absolute atomic E-state index is 0.0386. The zero-order valence-electron chi connectivity index (χ0n) is 13.6. The molecule has 0 bridgehead atoms. The van der Waals surface area contributed by atoms with E-state index in [0.29, 0.717) is 5.56 Å². The van der Waals surface area contributed by atoms with Gasteiger partial charge in [-0.2, -0.15) is 16.8 Å². The number of phenols is 1. The molecule has 2 aromatic carbocycles. The van der Waals surface area contributed by atoms with Gasteiger partial charge in [-0.15, -0.1) is 0 Å². The molecule has 1 heterocycles. The average molecular weight is 428 g/mol. The lowest BCUT2D eigenvalue weighted by Crippen LogP contribution is -2.11. The van der Waals surface area contributed by atoms with E-state index in [1.165, 1.54) is 24.3 Å². The Morgan fingerprint density at radius 2 is 1.43 bits per heavy atom. The summed E-state index contributed by atoms with van der Waals surface area (Å²) in [6, 6.07) is 7.40. The molecule has 3 rings (SSSR count). The van der Waals surface area contributed by atoms with Crippen molar-refractivity contribution in [3.05, 3.63) is 52.9 Å². The summed E-state index contributed by atoms with van der Waals surface area (Å²) >= 11 is 0. The second-order valence-electron chi connectivity index (χ2n) is 5.58. The van der Waals surface area contributed by atoms with Crippen molar-refractivity contribution in [2.45, 2.75) is 0 Å². The van der Waals surface area contributed by atoms with Gasteiger partial charge in [0.25, 0.3) is 0 Å². The third-order valence-electron chi connectivity index (χ3n) is 3.55. The molecule has 0 aliphatic carbocycles. The predicted octanol–water partition coefficient (Wildman–Crippen LogP) is 1.59. The van der Waals surface area contributed by atoms with E-state index in [4.69, 9.17) is 13.5 Å². The number of anilines is 2. The van der Waals surface area contributed by atoms with Crippen LogP contribution in [0.1, 0.15) is 0 Å². The highest BCUT2D eigenvalue weighted by Gasteiger charge is 2.16. The van der Waals surface area contributed by atoms with Crippen LogP contribution in [-0.2, 0) is 20.6 Å². The molecule has 0 saturated heterocycles. The highest BCUT2D eigenvalue weighted by atomic mass is 32.2. The molecule has 0 unspecified atom stereocenters. The summed E-state index contributed by atoms with van der Waals surface area (Å²) in [5, 5.41) is 9.87. The summed E-state index contributed by atoms with van der Waals surface area (Å²) in [5.74, 6) is -0.580. The number of fused-ring (bicyclic) bond motifs is 1. The fraction of sp³-hybridized carbons (Fsp3) is 0. The van der Waals surface area contributed by atoms with Crippen molar-refractivity contribution >= 4 is 43.0 Å². The molecule has 0 aliphatic heterocycles. The van der Waals surface area contributed by atoms with Crippen LogP contribution in [0, 0.1) is 0 Å². The molecule has 0 fully saturated rings. The Morgan fingerprint density at radius 1 is 0.857 bits per heavy atom. The van der Waals surface area contributed by atoms with Gasteiger partial charge < -0.3 is 9.52 Å².